The average molecular weight is 340 g/mol. The maximum Gasteiger partial charge on any atom is 0.0936 e. The number of ether oxygens (including phenoxy) is 2. The Balaban J connectivity index is 1.71. The Morgan fingerprint density at radius 2 is 2.25 bits per heavy atom. The van der Waals surface area contributed by atoms with E-state index in [4.69, 9.17) is 9.47 Å². The van der Waals surface area contributed by atoms with Gasteiger partial charge in [-0.15, -0.1) is 0 Å². The number of hydrogen-bond donors (Lipinski definition) is 0. The topological polar surface area (TPSA) is 31.4 Å². The van der Waals surface area contributed by atoms with Crippen LogP contribution in [0.15, 0.2) is 24.4 Å². The molecule has 4 heteroatoms. The summed E-state index contributed by atoms with van der Waals surface area (Å²) < 4.78 is 12.6. The summed E-state index contributed by atoms with van der Waals surface area (Å²) in [5.41, 5.74) is 0.726. The van der Waals surface area contributed by atoms with Gasteiger partial charge < -0.3 is 9.47 Å². The molecule has 0 aliphatic carbocycles. The lowest BCUT2D eigenvalue weighted by Crippen LogP contribution is -2.44. The van der Waals surface area contributed by atoms with Crippen molar-refractivity contribution in [3.8, 4) is 0 Å². The lowest BCUT2D eigenvalue weighted by Gasteiger charge is -2.35. The summed E-state index contributed by atoms with van der Waals surface area (Å²) in [6.07, 6.45) is 3.93. The summed E-state index contributed by atoms with van der Waals surface area (Å²) in [7, 11) is 0. The average Bonchev–Trinajstić information content (AvgIpc) is 2.85. The van der Waals surface area contributed by atoms with E-state index < -0.39 is 0 Å². The van der Waals surface area contributed by atoms with E-state index in [-0.39, 0.29) is 17.3 Å². The highest BCUT2D eigenvalue weighted by Gasteiger charge is 2.65. The minimum Gasteiger partial charge on any atom is -0.369 e. The molecular weight excluding hydrogens is 318 g/mol. The third kappa shape index (κ3) is 2.22. The second-order valence-electron chi connectivity index (χ2n) is 6.52. The Bertz CT molecular complexity index is 481. The lowest BCUT2D eigenvalue weighted by atomic mass is 9.75. The first-order chi connectivity index (χ1) is 9.46. The summed E-state index contributed by atoms with van der Waals surface area (Å²) in [5.74, 6) is 0.483. The minimum atomic E-state index is -0.173. The molecule has 0 spiro atoms. The molecule has 0 amide bonds. The van der Waals surface area contributed by atoms with E-state index >= 15 is 0 Å². The van der Waals surface area contributed by atoms with E-state index in [0.29, 0.717) is 17.4 Å². The van der Waals surface area contributed by atoms with Gasteiger partial charge in [0.15, 0.2) is 0 Å². The van der Waals surface area contributed by atoms with Gasteiger partial charge in [0.25, 0.3) is 0 Å². The molecule has 2 bridgehead atoms. The van der Waals surface area contributed by atoms with Crippen molar-refractivity contribution in [2.45, 2.75) is 62.4 Å². The van der Waals surface area contributed by atoms with Crippen molar-refractivity contribution < 1.29 is 9.47 Å². The van der Waals surface area contributed by atoms with Gasteiger partial charge in [0.05, 0.1) is 29.6 Å². The second kappa shape index (κ2) is 5.08. The van der Waals surface area contributed by atoms with Crippen LogP contribution in [-0.2, 0) is 16.1 Å². The molecule has 2 aliphatic rings. The van der Waals surface area contributed by atoms with Gasteiger partial charge >= 0.3 is 0 Å². The van der Waals surface area contributed by atoms with E-state index in [1.54, 1.807) is 0 Å². The number of rotatable bonds is 4. The first kappa shape index (κ1) is 14.5. The highest BCUT2D eigenvalue weighted by Crippen LogP contribution is 2.57. The van der Waals surface area contributed by atoms with Gasteiger partial charge in [-0.3, -0.25) is 4.98 Å². The van der Waals surface area contributed by atoms with Crippen LogP contribution in [0, 0.1) is 5.92 Å². The fourth-order valence-corrected chi connectivity index (χ4v) is 5.01. The molecule has 4 atom stereocenters. The molecule has 3 nitrogen and oxygen atoms in total. The predicted octanol–water partition coefficient (Wildman–Crippen LogP) is 3.71. The van der Waals surface area contributed by atoms with Gasteiger partial charge in [-0.2, -0.15) is 0 Å². The maximum absolute atomic E-state index is 6.43. The minimum absolute atomic E-state index is 0.0798. The number of alkyl halides is 1. The number of pyridine rings is 1. The van der Waals surface area contributed by atoms with Gasteiger partial charge in [0.1, 0.15) is 0 Å². The summed E-state index contributed by atoms with van der Waals surface area (Å²) in [5, 5.41) is 0. The second-order valence-corrected chi connectivity index (χ2v) is 7.63. The highest BCUT2D eigenvalue weighted by molar-refractivity contribution is 9.09. The Hall–Kier alpha value is -0.450. The van der Waals surface area contributed by atoms with E-state index in [1.807, 2.05) is 24.4 Å². The van der Waals surface area contributed by atoms with Crippen molar-refractivity contribution in [2.75, 3.05) is 0 Å². The van der Waals surface area contributed by atoms with Crippen molar-refractivity contribution in [3.05, 3.63) is 30.1 Å². The van der Waals surface area contributed by atoms with E-state index in [0.717, 1.165) is 18.5 Å². The van der Waals surface area contributed by atoms with Crippen LogP contribution in [0.1, 0.15) is 39.3 Å². The van der Waals surface area contributed by atoms with Crippen molar-refractivity contribution in [3.63, 3.8) is 0 Å². The van der Waals surface area contributed by atoms with Crippen LogP contribution in [0.3, 0.4) is 0 Å². The smallest absolute Gasteiger partial charge is 0.0936 e. The molecule has 3 heterocycles. The number of hydrogen-bond acceptors (Lipinski definition) is 3. The summed E-state index contributed by atoms with van der Waals surface area (Å²) in [4.78, 5) is 4.74. The Labute approximate surface area is 129 Å². The van der Waals surface area contributed by atoms with Crippen molar-refractivity contribution in [1.29, 1.82) is 0 Å². The zero-order valence-corrected chi connectivity index (χ0v) is 13.9. The largest absolute Gasteiger partial charge is 0.369 e. The highest BCUT2D eigenvalue weighted by atomic mass is 79.9. The third-order valence-corrected chi connectivity index (χ3v) is 5.96. The first-order valence-electron chi connectivity index (χ1n) is 7.32. The molecule has 3 rings (SSSR count). The summed E-state index contributed by atoms with van der Waals surface area (Å²) in [6.45, 7) is 7.22. The zero-order chi connectivity index (χ0) is 14.4. The molecular formula is C16H22BrNO2. The normalized spacial score (nSPS) is 39.6. The fraction of sp³-hybridized carbons (Fsp3) is 0.688. The summed E-state index contributed by atoms with van der Waals surface area (Å²) >= 11 is 3.82. The van der Waals surface area contributed by atoms with Gasteiger partial charge in [-0.1, -0.05) is 35.8 Å². The molecule has 0 N–H and O–H groups in total. The predicted molar refractivity (Wildman–Crippen MR) is 81.8 cm³/mol. The van der Waals surface area contributed by atoms with Crippen molar-refractivity contribution in [1.82, 2.24) is 4.98 Å². The quantitative estimate of drug-likeness (QED) is 0.783. The van der Waals surface area contributed by atoms with Crippen LogP contribution in [0.5, 0.6) is 0 Å². The third-order valence-electron chi connectivity index (χ3n) is 4.86. The lowest BCUT2D eigenvalue weighted by molar-refractivity contribution is -0.0958. The van der Waals surface area contributed by atoms with Crippen LogP contribution < -0.4 is 0 Å². The number of nitrogens with zero attached hydrogens (tertiary/aromatic N) is 1. The molecule has 0 radical (unpaired) electrons. The Morgan fingerprint density at radius 1 is 1.45 bits per heavy atom. The van der Waals surface area contributed by atoms with Crippen molar-refractivity contribution >= 4 is 15.9 Å². The van der Waals surface area contributed by atoms with Gasteiger partial charge in [-0.25, -0.2) is 0 Å². The number of aromatic nitrogens is 1. The summed E-state index contributed by atoms with van der Waals surface area (Å²) in [6, 6.07) is 5.92. The SMILES string of the molecule is CC(C)C12CC(OCc3ccccn3)C(C)(CC1Br)O2. The molecule has 4 unspecified atom stereocenters. The van der Waals surface area contributed by atoms with Gasteiger partial charge in [0.2, 0.25) is 0 Å². The van der Waals surface area contributed by atoms with E-state index in [1.165, 1.54) is 0 Å². The van der Waals surface area contributed by atoms with E-state index in [2.05, 4.69) is 41.7 Å². The zero-order valence-electron chi connectivity index (χ0n) is 12.3. The number of fused-ring (bicyclic) bond motifs is 2. The molecule has 20 heavy (non-hydrogen) atoms. The van der Waals surface area contributed by atoms with Gasteiger partial charge in [-0.05, 0) is 31.4 Å². The van der Waals surface area contributed by atoms with Gasteiger partial charge in [0, 0.05) is 17.4 Å². The monoisotopic (exact) mass is 339 g/mol. The molecule has 2 fully saturated rings. The van der Waals surface area contributed by atoms with Crippen molar-refractivity contribution in [2.24, 2.45) is 5.92 Å². The molecule has 2 saturated heterocycles. The van der Waals surface area contributed by atoms with Crippen LogP contribution >= 0.6 is 15.9 Å². The van der Waals surface area contributed by atoms with Crippen LogP contribution in [0.2, 0.25) is 0 Å². The fourth-order valence-electron chi connectivity index (χ4n) is 3.56. The molecule has 1 aromatic rings. The molecule has 0 aromatic carbocycles. The molecule has 0 saturated carbocycles. The van der Waals surface area contributed by atoms with Crippen LogP contribution in [0.25, 0.3) is 0 Å². The van der Waals surface area contributed by atoms with E-state index in [9.17, 15) is 0 Å². The first-order valence-corrected chi connectivity index (χ1v) is 8.23. The maximum atomic E-state index is 6.43. The molecule has 1 aromatic heterocycles. The molecule has 2 aliphatic heterocycles. The Kier molecular flexibility index (Phi) is 3.68. The standard InChI is InChI=1S/C16H22BrNO2/c1-11(2)16-9-14(15(3,20-16)8-13(16)17)19-10-12-6-4-5-7-18-12/h4-7,11,13-14H,8-10H2,1-3H3. The van der Waals surface area contributed by atoms with Crippen LogP contribution in [0.4, 0.5) is 0 Å². The molecule has 110 valence electrons. The van der Waals surface area contributed by atoms with Crippen LogP contribution in [-0.4, -0.2) is 27.1 Å². The Morgan fingerprint density at radius 3 is 2.85 bits per heavy atom. The number of halogens is 1.